The molecule has 0 atom stereocenters. The van der Waals surface area contributed by atoms with Gasteiger partial charge in [-0.1, -0.05) is 30.7 Å². The van der Waals surface area contributed by atoms with Gasteiger partial charge in [-0.15, -0.1) is 11.8 Å². The number of nitrogens with zero attached hydrogens (tertiary/aromatic N) is 1. The van der Waals surface area contributed by atoms with E-state index in [9.17, 15) is 0 Å². The molecule has 0 N–H and O–H groups in total. The van der Waals surface area contributed by atoms with Gasteiger partial charge >= 0.3 is 0 Å². The number of aliphatic imine (C=N–C) groups is 1. The summed E-state index contributed by atoms with van der Waals surface area (Å²) in [4.78, 5) is 4.03. The molecule has 1 rings (SSSR count). The lowest BCUT2D eigenvalue weighted by molar-refractivity contribution is 1.43. The second-order valence-electron chi connectivity index (χ2n) is 2.99. The van der Waals surface area contributed by atoms with E-state index in [0.717, 1.165) is 17.0 Å². The van der Waals surface area contributed by atoms with Crippen LogP contribution in [0.4, 0.5) is 0 Å². The first-order valence-electron chi connectivity index (χ1n) is 4.63. The molecule has 74 valence electrons. The summed E-state index contributed by atoms with van der Waals surface area (Å²) in [6, 6.07) is 8.30. The molecule has 1 nitrogen and oxygen atoms in total. The van der Waals surface area contributed by atoms with E-state index >= 15 is 0 Å². The first kappa shape index (κ1) is 11.1. The lowest BCUT2D eigenvalue weighted by Crippen LogP contribution is -1.81. The van der Waals surface area contributed by atoms with Crippen molar-refractivity contribution in [3.05, 3.63) is 40.8 Å². The molecule has 0 aliphatic carbocycles. The van der Waals surface area contributed by atoms with Gasteiger partial charge in [0, 0.05) is 5.56 Å². The van der Waals surface area contributed by atoms with Crippen molar-refractivity contribution in [2.45, 2.75) is 13.8 Å². The summed E-state index contributed by atoms with van der Waals surface area (Å²) in [5, 5.41) is 2.06. The Morgan fingerprint density at radius 1 is 1.57 bits per heavy atom. The highest BCUT2D eigenvalue weighted by atomic mass is 32.2. The van der Waals surface area contributed by atoms with Gasteiger partial charge in [0.1, 0.15) is 0 Å². The fourth-order valence-corrected chi connectivity index (χ4v) is 1.70. The molecule has 0 heterocycles. The third kappa shape index (κ3) is 3.04. The molecule has 1 aromatic carbocycles. The Kier molecular flexibility index (Phi) is 4.47. The fraction of sp³-hybridized carbons (Fsp3) is 0.250. The maximum absolute atomic E-state index is 4.03. The topological polar surface area (TPSA) is 12.4 Å². The highest BCUT2D eigenvalue weighted by Crippen LogP contribution is 2.20. The first-order chi connectivity index (χ1) is 6.77. The SMILES string of the molecule is C=N/C(=C\SCC)c1cccc(C)c1. The van der Waals surface area contributed by atoms with Crippen LogP contribution in [0.15, 0.2) is 34.7 Å². The summed E-state index contributed by atoms with van der Waals surface area (Å²) in [5.41, 5.74) is 3.35. The molecule has 0 fully saturated rings. The maximum Gasteiger partial charge on any atom is 0.0757 e. The Balaban J connectivity index is 2.94. The fourth-order valence-electron chi connectivity index (χ4n) is 1.16. The van der Waals surface area contributed by atoms with Crippen LogP contribution in [0.5, 0.6) is 0 Å². The average molecular weight is 205 g/mol. The van der Waals surface area contributed by atoms with Gasteiger partial charge in [-0.3, -0.25) is 4.99 Å². The maximum atomic E-state index is 4.03. The van der Waals surface area contributed by atoms with Gasteiger partial charge in [0.2, 0.25) is 0 Å². The zero-order valence-corrected chi connectivity index (χ0v) is 9.47. The Morgan fingerprint density at radius 3 is 2.93 bits per heavy atom. The molecule has 0 aliphatic rings. The number of aryl methyl sites for hydroxylation is 1. The predicted octanol–water partition coefficient (Wildman–Crippen LogP) is 3.75. The van der Waals surface area contributed by atoms with Crippen molar-refractivity contribution in [3.8, 4) is 0 Å². The molecule has 14 heavy (non-hydrogen) atoms. The van der Waals surface area contributed by atoms with Crippen molar-refractivity contribution in [2.24, 2.45) is 4.99 Å². The normalized spacial score (nSPS) is 11.4. The molecular formula is C12H15NS. The number of rotatable bonds is 4. The highest BCUT2D eigenvalue weighted by Gasteiger charge is 1.97. The molecule has 0 spiro atoms. The minimum absolute atomic E-state index is 0.959. The third-order valence-corrected chi connectivity index (χ3v) is 2.57. The summed E-state index contributed by atoms with van der Waals surface area (Å²) in [6.45, 7) is 7.79. The van der Waals surface area contributed by atoms with Gasteiger partial charge in [-0.2, -0.15) is 0 Å². The van der Waals surface area contributed by atoms with Crippen molar-refractivity contribution in [2.75, 3.05) is 5.75 Å². The van der Waals surface area contributed by atoms with Gasteiger partial charge in [0.15, 0.2) is 0 Å². The lowest BCUT2D eigenvalue weighted by atomic mass is 10.1. The number of hydrogen-bond donors (Lipinski definition) is 0. The van der Waals surface area contributed by atoms with Gasteiger partial charge in [0.25, 0.3) is 0 Å². The van der Waals surface area contributed by atoms with E-state index in [4.69, 9.17) is 0 Å². The van der Waals surface area contributed by atoms with Gasteiger partial charge in [-0.25, -0.2) is 0 Å². The van der Waals surface area contributed by atoms with Crippen LogP contribution in [-0.4, -0.2) is 12.5 Å². The summed E-state index contributed by atoms with van der Waals surface area (Å²) < 4.78 is 0. The van der Waals surface area contributed by atoms with E-state index in [1.165, 1.54) is 5.56 Å². The summed E-state index contributed by atoms with van der Waals surface area (Å²) in [6.07, 6.45) is 0. The molecule has 1 aromatic rings. The standard InChI is InChI=1S/C12H15NS/c1-4-14-9-12(13-3)11-7-5-6-10(2)8-11/h5-9H,3-4H2,1-2H3/b12-9-. The quantitative estimate of drug-likeness (QED) is 0.682. The van der Waals surface area contributed by atoms with Crippen LogP contribution < -0.4 is 0 Å². The van der Waals surface area contributed by atoms with Crippen molar-refractivity contribution in [1.82, 2.24) is 0 Å². The summed E-state index contributed by atoms with van der Waals surface area (Å²) in [5.74, 6) is 1.06. The Bertz CT molecular complexity index is 342. The minimum atomic E-state index is 0.959. The van der Waals surface area contributed by atoms with E-state index in [1.807, 2.05) is 6.07 Å². The van der Waals surface area contributed by atoms with E-state index in [1.54, 1.807) is 11.8 Å². The number of benzene rings is 1. The molecule has 0 bridgehead atoms. The van der Waals surface area contributed by atoms with E-state index in [0.29, 0.717) is 0 Å². The zero-order valence-electron chi connectivity index (χ0n) is 8.66. The van der Waals surface area contributed by atoms with Gasteiger partial charge in [0.05, 0.1) is 5.70 Å². The van der Waals surface area contributed by atoms with Crippen molar-refractivity contribution >= 4 is 24.2 Å². The van der Waals surface area contributed by atoms with Crippen LogP contribution in [-0.2, 0) is 0 Å². The first-order valence-corrected chi connectivity index (χ1v) is 5.68. The van der Waals surface area contributed by atoms with E-state index in [2.05, 4.69) is 49.2 Å². The minimum Gasteiger partial charge on any atom is -0.263 e. The summed E-state index contributed by atoms with van der Waals surface area (Å²) in [7, 11) is 0. The van der Waals surface area contributed by atoms with Crippen LogP contribution in [0.3, 0.4) is 0 Å². The van der Waals surface area contributed by atoms with Crippen LogP contribution in [0.25, 0.3) is 5.70 Å². The predicted molar refractivity (Wildman–Crippen MR) is 66.8 cm³/mol. The Hall–Kier alpha value is -1.02. The van der Waals surface area contributed by atoms with Crippen molar-refractivity contribution < 1.29 is 0 Å². The molecule has 0 saturated carbocycles. The van der Waals surface area contributed by atoms with Gasteiger partial charge in [-0.05, 0) is 30.9 Å². The zero-order chi connectivity index (χ0) is 10.4. The molecule has 0 saturated heterocycles. The molecule has 2 heteroatoms. The van der Waals surface area contributed by atoms with Crippen LogP contribution in [0.1, 0.15) is 18.1 Å². The number of hydrogen-bond acceptors (Lipinski definition) is 2. The molecule has 0 unspecified atom stereocenters. The molecule has 0 amide bonds. The van der Waals surface area contributed by atoms with Gasteiger partial charge < -0.3 is 0 Å². The molecular weight excluding hydrogens is 190 g/mol. The van der Waals surface area contributed by atoms with Crippen molar-refractivity contribution in [3.63, 3.8) is 0 Å². The lowest BCUT2D eigenvalue weighted by Gasteiger charge is -2.02. The monoisotopic (exact) mass is 205 g/mol. The largest absolute Gasteiger partial charge is 0.263 e. The molecule has 0 aromatic heterocycles. The van der Waals surface area contributed by atoms with Crippen LogP contribution in [0.2, 0.25) is 0 Å². The molecule has 0 aliphatic heterocycles. The van der Waals surface area contributed by atoms with E-state index < -0.39 is 0 Å². The Labute approximate surface area is 89.9 Å². The molecule has 0 radical (unpaired) electrons. The van der Waals surface area contributed by atoms with Crippen LogP contribution in [0, 0.1) is 6.92 Å². The smallest absolute Gasteiger partial charge is 0.0757 e. The highest BCUT2D eigenvalue weighted by molar-refractivity contribution is 8.02. The average Bonchev–Trinajstić information content (AvgIpc) is 2.19. The summed E-state index contributed by atoms with van der Waals surface area (Å²) >= 11 is 1.75. The second-order valence-corrected chi connectivity index (χ2v) is 4.13. The number of thioether (sulfide) groups is 1. The Morgan fingerprint density at radius 2 is 2.36 bits per heavy atom. The van der Waals surface area contributed by atoms with Crippen molar-refractivity contribution in [1.29, 1.82) is 0 Å². The van der Waals surface area contributed by atoms with Crippen LogP contribution >= 0.6 is 11.8 Å². The third-order valence-electron chi connectivity index (χ3n) is 1.85. The van der Waals surface area contributed by atoms with E-state index in [-0.39, 0.29) is 0 Å². The second kappa shape index (κ2) is 5.66.